The molecule has 3 nitrogen and oxygen atoms in total. The Morgan fingerprint density at radius 1 is 1.53 bits per heavy atom. The number of hydrogen-bond donors (Lipinski definition) is 1. The number of fused-ring (bicyclic) bond motifs is 1. The van der Waals surface area contributed by atoms with E-state index in [1.54, 1.807) is 6.92 Å². The fourth-order valence-corrected chi connectivity index (χ4v) is 2.30. The van der Waals surface area contributed by atoms with Gasteiger partial charge in [0.2, 0.25) is 0 Å². The Balaban J connectivity index is 2.50. The van der Waals surface area contributed by atoms with E-state index in [2.05, 4.69) is 27.1 Å². The van der Waals surface area contributed by atoms with Crippen molar-refractivity contribution in [2.24, 2.45) is 7.05 Å². The summed E-state index contributed by atoms with van der Waals surface area (Å²) in [6.45, 7) is 1.79. The van der Waals surface area contributed by atoms with Gasteiger partial charge in [-0.15, -0.1) is 0 Å². The molecule has 1 aromatic carbocycles. The zero-order chi connectivity index (χ0) is 11.0. The summed E-state index contributed by atoms with van der Waals surface area (Å²) in [5, 5.41) is 14.7. The molecule has 4 heteroatoms. The van der Waals surface area contributed by atoms with E-state index < -0.39 is 0 Å². The first kappa shape index (κ1) is 10.6. The molecular weight excluding hydrogens is 256 g/mol. The lowest BCUT2D eigenvalue weighted by molar-refractivity contribution is 0.195. The molecule has 80 valence electrons. The molecule has 1 atom stereocenters. The maximum atomic E-state index is 9.32. The third-order valence-electron chi connectivity index (χ3n) is 2.40. The monoisotopic (exact) mass is 268 g/mol. The maximum absolute atomic E-state index is 9.32. The van der Waals surface area contributed by atoms with E-state index in [9.17, 15) is 5.11 Å². The molecule has 0 saturated carbocycles. The highest BCUT2D eigenvalue weighted by Gasteiger charge is 2.07. The standard InChI is InChI=1S/C11H13BrN2O/c1-7(15)5-8-3-4-9-10(6-8)14(2)13-11(9)12/h3-4,6-7,15H,5H2,1-2H3. The molecule has 0 fully saturated rings. The highest BCUT2D eigenvalue weighted by molar-refractivity contribution is 9.10. The quantitative estimate of drug-likeness (QED) is 0.908. The van der Waals surface area contributed by atoms with Gasteiger partial charge in [0.25, 0.3) is 0 Å². The molecule has 0 saturated heterocycles. The van der Waals surface area contributed by atoms with Crippen LogP contribution in [0.15, 0.2) is 22.8 Å². The van der Waals surface area contributed by atoms with Crippen molar-refractivity contribution in [1.29, 1.82) is 0 Å². The SMILES string of the molecule is CC(O)Cc1ccc2c(Br)nn(C)c2c1. The first-order chi connectivity index (χ1) is 7.08. The third-order valence-corrected chi connectivity index (χ3v) is 2.99. The molecule has 15 heavy (non-hydrogen) atoms. The number of rotatable bonds is 2. The zero-order valence-corrected chi connectivity index (χ0v) is 10.3. The van der Waals surface area contributed by atoms with Crippen molar-refractivity contribution in [2.45, 2.75) is 19.4 Å². The largest absolute Gasteiger partial charge is 0.393 e. The Kier molecular flexibility index (Phi) is 2.80. The van der Waals surface area contributed by atoms with Crippen molar-refractivity contribution in [3.63, 3.8) is 0 Å². The van der Waals surface area contributed by atoms with Gasteiger partial charge in [-0.2, -0.15) is 5.10 Å². The van der Waals surface area contributed by atoms with Crippen LogP contribution in [0.3, 0.4) is 0 Å². The second-order valence-electron chi connectivity index (χ2n) is 3.82. The lowest BCUT2D eigenvalue weighted by atomic mass is 10.1. The van der Waals surface area contributed by atoms with Gasteiger partial charge < -0.3 is 5.11 Å². The molecule has 0 amide bonds. The molecule has 1 heterocycles. The molecule has 0 aliphatic heterocycles. The fourth-order valence-electron chi connectivity index (χ4n) is 1.73. The van der Waals surface area contributed by atoms with Crippen LogP contribution in [0, 0.1) is 0 Å². The van der Waals surface area contributed by atoms with Crippen LogP contribution >= 0.6 is 15.9 Å². The smallest absolute Gasteiger partial charge is 0.135 e. The summed E-state index contributed by atoms with van der Waals surface area (Å²) in [7, 11) is 1.92. The number of aryl methyl sites for hydroxylation is 1. The van der Waals surface area contributed by atoms with Crippen LogP contribution in [-0.4, -0.2) is 21.0 Å². The number of benzene rings is 1. The van der Waals surface area contributed by atoms with Gasteiger partial charge in [-0.1, -0.05) is 6.07 Å². The van der Waals surface area contributed by atoms with Gasteiger partial charge in [0.1, 0.15) is 4.60 Å². The van der Waals surface area contributed by atoms with Crippen LogP contribution in [0.2, 0.25) is 0 Å². The summed E-state index contributed by atoms with van der Waals surface area (Å²) in [6.07, 6.45) is 0.373. The summed E-state index contributed by atoms with van der Waals surface area (Å²) >= 11 is 3.41. The molecule has 0 spiro atoms. The lowest BCUT2D eigenvalue weighted by Gasteiger charge is -2.04. The topological polar surface area (TPSA) is 38.1 Å². The molecule has 1 aromatic heterocycles. The second-order valence-corrected chi connectivity index (χ2v) is 4.57. The van der Waals surface area contributed by atoms with Crippen LogP contribution in [0.25, 0.3) is 10.9 Å². The van der Waals surface area contributed by atoms with Gasteiger partial charge in [-0.25, -0.2) is 0 Å². The first-order valence-corrected chi connectivity index (χ1v) is 5.66. The van der Waals surface area contributed by atoms with E-state index in [-0.39, 0.29) is 6.10 Å². The molecular formula is C11H13BrN2O. The molecule has 0 aliphatic rings. The summed E-state index contributed by atoms with van der Waals surface area (Å²) in [6, 6.07) is 6.13. The molecule has 1 N–H and O–H groups in total. The molecule has 2 aromatic rings. The third kappa shape index (κ3) is 2.06. The minimum Gasteiger partial charge on any atom is -0.393 e. The van der Waals surface area contributed by atoms with Crippen LogP contribution in [-0.2, 0) is 13.5 Å². The number of halogens is 1. The summed E-state index contributed by atoms with van der Waals surface area (Å²) in [5.41, 5.74) is 2.22. The van der Waals surface area contributed by atoms with E-state index >= 15 is 0 Å². The molecule has 2 rings (SSSR count). The average molecular weight is 269 g/mol. The zero-order valence-electron chi connectivity index (χ0n) is 8.74. The lowest BCUT2D eigenvalue weighted by Crippen LogP contribution is -2.04. The Hall–Kier alpha value is -0.870. The van der Waals surface area contributed by atoms with Crippen LogP contribution in [0.1, 0.15) is 12.5 Å². The fraction of sp³-hybridized carbons (Fsp3) is 0.364. The first-order valence-electron chi connectivity index (χ1n) is 4.87. The molecule has 0 aliphatic carbocycles. The van der Waals surface area contributed by atoms with Crippen molar-refractivity contribution in [3.8, 4) is 0 Å². The van der Waals surface area contributed by atoms with Crippen LogP contribution in [0.5, 0.6) is 0 Å². The average Bonchev–Trinajstić information content (AvgIpc) is 2.41. The number of nitrogens with zero attached hydrogens (tertiary/aromatic N) is 2. The van der Waals surface area contributed by atoms with Crippen molar-refractivity contribution < 1.29 is 5.11 Å². The Morgan fingerprint density at radius 2 is 2.27 bits per heavy atom. The van der Waals surface area contributed by atoms with Gasteiger partial charge in [0.05, 0.1) is 11.6 Å². The van der Waals surface area contributed by atoms with Gasteiger partial charge >= 0.3 is 0 Å². The van der Waals surface area contributed by atoms with Gasteiger partial charge in [-0.3, -0.25) is 4.68 Å². The summed E-state index contributed by atoms with van der Waals surface area (Å²) < 4.78 is 2.70. The molecule has 0 radical (unpaired) electrons. The van der Waals surface area contributed by atoms with Gasteiger partial charge in [-0.05, 0) is 47.0 Å². The van der Waals surface area contributed by atoms with Crippen molar-refractivity contribution >= 4 is 26.8 Å². The highest BCUT2D eigenvalue weighted by Crippen LogP contribution is 2.23. The maximum Gasteiger partial charge on any atom is 0.135 e. The van der Waals surface area contributed by atoms with Crippen molar-refractivity contribution in [2.75, 3.05) is 0 Å². The van der Waals surface area contributed by atoms with Gasteiger partial charge in [0, 0.05) is 12.4 Å². The van der Waals surface area contributed by atoms with Crippen molar-refractivity contribution in [1.82, 2.24) is 9.78 Å². The number of hydrogen-bond acceptors (Lipinski definition) is 2. The molecule has 1 unspecified atom stereocenters. The van der Waals surface area contributed by atoms with Crippen LogP contribution < -0.4 is 0 Å². The van der Waals surface area contributed by atoms with E-state index in [1.807, 2.05) is 23.9 Å². The summed E-state index contributed by atoms with van der Waals surface area (Å²) in [5.74, 6) is 0. The van der Waals surface area contributed by atoms with E-state index in [0.29, 0.717) is 6.42 Å². The predicted octanol–water partition coefficient (Wildman–Crippen LogP) is 2.26. The van der Waals surface area contributed by atoms with E-state index in [4.69, 9.17) is 0 Å². The Morgan fingerprint density at radius 3 is 2.93 bits per heavy atom. The minimum atomic E-state index is -0.306. The highest BCUT2D eigenvalue weighted by atomic mass is 79.9. The number of aliphatic hydroxyl groups excluding tert-OH is 1. The predicted molar refractivity (Wildman–Crippen MR) is 63.8 cm³/mol. The Bertz CT molecular complexity index is 491. The van der Waals surface area contributed by atoms with Gasteiger partial charge in [0.15, 0.2) is 0 Å². The van der Waals surface area contributed by atoms with E-state index in [1.165, 1.54) is 0 Å². The van der Waals surface area contributed by atoms with Crippen LogP contribution in [0.4, 0.5) is 0 Å². The minimum absolute atomic E-state index is 0.306. The normalized spacial score (nSPS) is 13.3. The number of aliphatic hydroxyl groups is 1. The second kappa shape index (κ2) is 3.94. The Labute approximate surface area is 96.8 Å². The number of aromatic nitrogens is 2. The van der Waals surface area contributed by atoms with E-state index in [0.717, 1.165) is 21.1 Å². The van der Waals surface area contributed by atoms with Crippen molar-refractivity contribution in [3.05, 3.63) is 28.4 Å². The molecule has 0 bridgehead atoms. The summed E-state index contributed by atoms with van der Waals surface area (Å²) in [4.78, 5) is 0.